The minimum atomic E-state index is -0.361. The molecule has 13 heavy (non-hydrogen) atoms. The van der Waals surface area contributed by atoms with E-state index in [0.717, 1.165) is 11.1 Å². The van der Waals surface area contributed by atoms with E-state index in [-0.39, 0.29) is 11.9 Å². The van der Waals surface area contributed by atoms with Crippen molar-refractivity contribution in [3.05, 3.63) is 35.1 Å². The number of rotatable bonds is 3. The van der Waals surface area contributed by atoms with Crippen molar-refractivity contribution < 1.29 is 9.50 Å². The first-order chi connectivity index (χ1) is 6.13. The first kappa shape index (κ1) is 10.2. The van der Waals surface area contributed by atoms with E-state index in [2.05, 4.69) is 0 Å². The lowest BCUT2D eigenvalue weighted by Gasteiger charge is -2.10. The van der Waals surface area contributed by atoms with Gasteiger partial charge >= 0.3 is 0 Å². The highest BCUT2D eigenvalue weighted by Crippen LogP contribution is 2.13. The van der Waals surface area contributed by atoms with Crippen LogP contribution in [0.3, 0.4) is 0 Å². The predicted molar refractivity (Wildman–Crippen MR) is 51.1 cm³/mol. The largest absolute Gasteiger partial charge is 0.393 e. The summed E-state index contributed by atoms with van der Waals surface area (Å²) in [5.41, 5.74) is 1.93. The number of halogens is 1. The van der Waals surface area contributed by atoms with Crippen molar-refractivity contribution in [1.29, 1.82) is 0 Å². The zero-order valence-electron chi connectivity index (χ0n) is 8.05. The molecule has 2 heteroatoms. The van der Waals surface area contributed by atoms with Crippen molar-refractivity contribution in [3.8, 4) is 0 Å². The molecule has 0 bridgehead atoms. The Morgan fingerprint density at radius 2 is 2.15 bits per heavy atom. The van der Waals surface area contributed by atoms with Gasteiger partial charge in [-0.1, -0.05) is 13.0 Å². The van der Waals surface area contributed by atoms with E-state index in [4.69, 9.17) is 0 Å². The average Bonchev–Trinajstić information content (AvgIpc) is 2.11. The number of benzene rings is 1. The summed E-state index contributed by atoms with van der Waals surface area (Å²) >= 11 is 0. The Bertz CT molecular complexity index is 283. The molecule has 0 amide bonds. The van der Waals surface area contributed by atoms with Crippen molar-refractivity contribution in [2.45, 2.75) is 32.8 Å². The lowest BCUT2D eigenvalue weighted by molar-refractivity contribution is 0.170. The van der Waals surface area contributed by atoms with Crippen LogP contribution in [0.25, 0.3) is 0 Å². The third kappa shape index (κ3) is 2.81. The van der Waals surface area contributed by atoms with E-state index in [1.165, 1.54) is 12.1 Å². The standard InChI is InChI=1S/C11H15FO/c1-3-11(13)7-9-6-10(12)5-4-8(9)2/h4-6,11,13H,3,7H2,1-2H3/t11-/m0/s1. The van der Waals surface area contributed by atoms with Crippen molar-refractivity contribution in [1.82, 2.24) is 0 Å². The molecule has 0 aliphatic carbocycles. The molecule has 0 aliphatic heterocycles. The SMILES string of the molecule is CC[C@H](O)Cc1cc(F)ccc1C. The van der Waals surface area contributed by atoms with Gasteiger partial charge in [0.1, 0.15) is 5.82 Å². The Balaban J connectivity index is 2.81. The van der Waals surface area contributed by atoms with Gasteiger partial charge in [-0.15, -0.1) is 0 Å². The molecule has 0 heterocycles. The molecule has 1 rings (SSSR count). The quantitative estimate of drug-likeness (QED) is 0.761. The maximum atomic E-state index is 12.8. The van der Waals surface area contributed by atoms with Crippen molar-refractivity contribution in [2.75, 3.05) is 0 Å². The molecule has 1 aromatic rings. The van der Waals surface area contributed by atoms with E-state index in [0.29, 0.717) is 12.8 Å². The van der Waals surface area contributed by atoms with Gasteiger partial charge in [-0.05, 0) is 43.0 Å². The topological polar surface area (TPSA) is 20.2 Å². The van der Waals surface area contributed by atoms with Crippen LogP contribution in [0.5, 0.6) is 0 Å². The van der Waals surface area contributed by atoms with Crippen LogP contribution < -0.4 is 0 Å². The molecule has 0 aliphatic rings. The summed E-state index contributed by atoms with van der Waals surface area (Å²) in [5.74, 6) is -0.232. The van der Waals surface area contributed by atoms with Crippen LogP contribution in [-0.2, 0) is 6.42 Å². The van der Waals surface area contributed by atoms with Crippen molar-refractivity contribution >= 4 is 0 Å². The highest BCUT2D eigenvalue weighted by Gasteiger charge is 2.05. The van der Waals surface area contributed by atoms with E-state index in [1.54, 1.807) is 6.07 Å². The normalized spacial score (nSPS) is 12.9. The summed E-state index contributed by atoms with van der Waals surface area (Å²) in [6, 6.07) is 4.68. The Morgan fingerprint density at radius 3 is 2.77 bits per heavy atom. The number of hydrogen-bond acceptors (Lipinski definition) is 1. The highest BCUT2D eigenvalue weighted by molar-refractivity contribution is 5.27. The minimum absolute atomic E-state index is 0.232. The average molecular weight is 182 g/mol. The number of aryl methyl sites for hydroxylation is 1. The van der Waals surface area contributed by atoms with Crippen LogP contribution >= 0.6 is 0 Å². The van der Waals surface area contributed by atoms with Gasteiger partial charge in [0.25, 0.3) is 0 Å². The molecule has 0 unspecified atom stereocenters. The molecule has 1 aromatic carbocycles. The van der Waals surface area contributed by atoms with Gasteiger partial charge in [0.15, 0.2) is 0 Å². The fourth-order valence-electron chi connectivity index (χ4n) is 1.26. The molecular weight excluding hydrogens is 167 g/mol. The summed E-state index contributed by atoms with van der Waals surface area (Å²) in [4.78, 5) is 0. The molecule has 0 fully saturated rings. The second-order valence-corrected chi connectivity index (χ2v) is 3.34. The molecule has 1 N–H and O–H groups in total. The van der Waals surface area contributed by atoms with Crippen LogP contribution in [-0.4, -0.2) is 11.2 Å². The zero-order chi connectivity index (χ0) is 9.84. The monoisotopic (exact) mass is 182 g/mol. The lowest BCUT2D eigenvalue weighted by Crippen LogP contribution is -2.09. The summed E-state index contributed by atoms with van der Waals surface area (Å²) in [6.45, 7) is 3.84. The van der Waals surface area contributed by atoms with Crippen LogP contribution in [0.1, 0.15) is 24.5 Å². The summed E-state index contributed by atoms with van der Waals surface area (Å²) in [6.07, 6.45) is 0.885. The van der Waals surface area contributed by atoms with Crippen LogP contribution in [0, 0.1) is 12.7 Å². The van der Waals surface area contributed by atoms with Crippen LogP contribution in [0.15, 0.2) is 18.2 Å². The Morgan fingerprint density at radius 1 is 1.46 bits per heavy atom. The van der Waals surface area contributed by atoms with Gasteiger partial charge in [-0.2, -0.15) is 0 Å². The van der Waals surface area contributed by atoms with E-state index in [9.17, 15) is 9.50 Å². The Kier molecular flexibility index (Phi) is 3.43. The fraction of sp³-hybridized carbons (Fsp3) is 0.455. The predicted octanol–water partition coefficient (Wildman–Crippen LogP) is 2.45. The zero-order valence-corrected chi connectivity index (χ0v) is 8.05. The molecule has 0 saturated heterocycles. The first-order valence-electron chi connectivity index (χ1n) is 4.56. The van der Waals surface area contributed by atoms with Crippen molar-refractivity contribution in [3.63, 3.8) is 0 Å². The first-order valence-corrected chi connectivity index (χ1v) is 4.56. The maximum absolute atomic E-state index is 12.8. The van der Waals surface area contributed by atoms with Gasteiger partial charge in [0.05, 0.1) is 6.10 Å². The Labute approximate surface area is 78.2 Å². The highest BCUT2D eigenvalue weighted by atomic mass is 19.1. The second kappa shape index (κ2) is 4.38. The molecular formula is C11H15FO. The van der Waals surface area contributed by atoms with E-state index < -0.39 is 0 Å². The third-order valence-corrected chi connectivity index (χ3v) is 2.24. The van der Waals surface area contributed by atoms with Gasteiger partial charge < -0.3 is 5.11 Å². The van der Waals surface area contributed by atoms with Crippen LogP contribution in [0.4, 0.5) is 4.39 Å². The number of hydrogen-bond donors (Lipinski definition) is 1. The minimum Gasteiger partial charge on any atom is -0.393 e. The third-order valence-electron chi connectivity index (χ3n) is 2.24. The van der Waals surface area contributed by atoms with E-state index >= 15 is 0 Å². The molecule has 0 spiro atoms. The lowest BCUT2D eigenvalue weighted by atomic mass is 10.0. The van der Waals surface area contributed by atoms with Gasteiger partial charge in [0.2, 0.25) is 0 Å². The van der Waals surface area contributed by atoms with E-state index in [1.807, 2.05) is 13.8 Å². The molecule has 0 aromatic heterocycles. The van der Waals surface area contributed by atoms with Crippen molar-refractivity contribution in [2.24, 2.45) is 0 Å². The smallest absolute Gasteiger partial charge is 0.123 e. The van der Waals surface area contributed by atoms with Gasteiger partial charge in [-0.3, -0.25) is 0 Å². The molecule has 1 atom stereocenters. The summed E-state index contributed by atoms with van der Waals surface area (Å²) < 4.78 is 12.8. The molecule has 1 nitrogen and oxygen atoms in total. The molecule has 0 saturated carbocycles. The molecule has 0 radical (unpaired) electrons. The summed E-state index contributed by atoms with van der Waals surface area (Å²) in [5, 5.41) is 9.40. The molecule has 72 valence electrons. The van der Waals surface area contributed by atoms with Crippen LogP contribution in [0.2, 0.25) is 0 Å². The second-order valence-electron chi connectivity index (χ2n) is 3.34. The fourth-order valence-corrected chi connectivity index (χ4v) is 1.26. The maximum Gasteiger partial charge on any atom is 0.123 e. The Hall–Kier alpha value is -0.890. The van der Waals surface area contributed by atoms with Gasteiger partial charge in [-0.25, -0.2) is 4.39 Å². The number of aliphatic hydroxyl groups excluding tert-OH is 1. The van der Waals surface area contributed by atoms with Gasteiger partial charge in [0, 0.05) is 0 Å². The summed E-state index contributed by atoms with van der Waals surface area (Å²) in [7, 11) is 0. The number of aliphatic hydroxyl groups is 1.